The van der Waals surface area contributed by atoms with Gasteiger partial charge in [-0.1, -0.05) is 71.4 Å². The van der Waals surface area contributed by atoms with Gasteiger partial charge in [-0.25, -0.2) is 0 Å². The molecule has 0 aliphatic carbocycles. The molecule has 3 aromatic rings. The Bertz CT molecular complexity index is 1560. The molecule has 0 saturated heterocycles. The molecular weight excluding hydrogens is 755 g/mol. The number of nitrogens with zero attached hydrogens (tertiary/aromatic N) is 5. The van der Waals surface area contributed by atoms with Crippen molar-refractivity contribution in [3.8, 4) is 0 Å². The number of halogens is 3. The standard InChI is InChI=1S/C35H38F3N4.CN.Pt/c1-24-25(2)42(23-41(24)30-15-11-27(12-16-30)34(6,7)8)32-20-28(35(36,37)38)19-31(21-32)40-18-17-39(22-40)29-13-9-26(10-14-29)33(3,4)5;1-2;/h9-20,22-23H,1-8H3;;/q-3;-1;+4. The maximum Gasteiger partial charge on any atom is 4.00 e. The number of alkyl halides is 3. The van der Waals surface area contributed by atoms with Crippen LogP contribution in [0.15, 0.2) is 84.5 Å². The first-order valence-electron chi connectivity index (χ1n) is 14.3. The van der Waals surface area contributed by atoms with Crippen LogP contribution in [0.5, 0.6) is 0 Å². The molecule has 0 bridgehead atoms. The van der Waals surface area contributed by atoms with Crippen LogP contribution in [0.4, 0.5) is 35.9 Å². The SMILES string of the molecule is CC1=C(C)N(c2ccc(C(C)(C)C)cc2)[CH-]N1c1[c-]c(N2C=CN(c3ccc(C(C)(C)C)cc3)[CH-]2)cc(C(F)(F)F)c1.[C-]#N.[Pt+4]. The Hall–Kier alpha value is -3.69. The topological polar surface area (TPSA) is 36.8 Å². The predicted molar refractivity (Wildman–Crippen MR) is 172 cm³/mol. The van der Waals surface area contributed by atoms with E-state index >= 15 is 0 Å². The van der Waals surface area contributed by atoms with Crippen molar-refractivity contribution in [1.82, 2.24) is 0 Å². The summed E-state index contributed by atoms with van der Waals surface area (Å²) in [5.41, 5.74) is 6.00. The maximum atomic E-state index is 14.1. The van der Waals surface area contributed by atoms with E-state index in [-0.39, 0.29) is 31.9 Å². The van der Waals surface area contributed by atoms with Crippen LogP contribution in [0.25, 0.3) is 0 Å². The van der Waals surface area contributed by atoms with Crippen LogP contribution in [0.2, 0.25) is 0 Å². The molecule has 3 aromatic carbocycles. The van der Waals surface area contributed by atoms with E-state index in [1.54, 1.807) is 22.7 Å². The largest absolute Gasteiger partial charge is 4.00 e. The Kier molecular flexibility index (Phi) is 10.6. The molecular formula is C36H38F3N5Pt. The van der Waals surface area contributed by atoms with E-state index < -0.39 is 11.7 Å². The number of benzene rings is 3. The molecule has 0 atom stereocenters. The Morgan fingerprint density at radius 3 is 1.56 bits per heavy atom. The van der Waals surface area contributed by atoms with E-state index in [1.165, 1.54) is 11.1 Å². The molecule has 2 aliphatic heterocycles. The number of allylic oxidation sites excluding steroid dienone is 2. The van der Waals surface area contributed by atoms with E-state index in [4.69, 9.17) is 11.8 Å². The van der Waals surface area contributed by atoms with Crippen LogP contribution in [0, 0.1) is 31.2 Å². The van der Waals surface area contributed by atoms with Crippen molar-refractivity contribution in [1.29, 1.82) is 5.26 Å². The molecule has 0 fully saturated rings. The van der Waals surface area contributed by atoms with Crippen LogP contribution in [0.1, 0.15) is 72.1 Å². The second kappa shape index (κ2) is 13.3. The summed E-state index contributed by atoms with van der Waals surface area (Å²) in [6, 6.07) is 22.0. The Balaban J connectivity index is 0.00000180. The fourth-order valence-electron chi connectivity index (χ4n) is 5.02. The molecule has 0 radical (unpaired) electrons. The maximum absolute atomic E-state index is 14.1. The molecule has 9 heteroatoms. The molecule has 0 N–H and O–H groups in total. The molecule has 238 valence electrons. The summed E-state index contributed by atoms with van der Waals surface area (Å²) in [7, 11) is 0. The summed E-state index contributed by atoms with van der Waals surface area (Å²) in [6.45, 7) is 25.2. The Morgan fingerprint density at radius 2 is 1.07 bits per heavy atom. The van der Waals surface area contributed by atoms with Crippen molar-refractivity contribution in [2.75, 3.05) is 19.6 Å². The van der Waals surface area contributed by atoms with Crippen LogP contribution < -0.4 is 19.6 Å². The van der Waals surface area contributed by atoms with Crippen molar-refractivity contribution < 1.29 is 34.2 Å². The Labute approximate surface area is 280 Å². The summed E-state index contributed by atoms with van der Waals surface area (Å²) >= 11 is 0. The molecule has 0 unspecified atom stereocenters. The van der Waals surface area contributed by atoms with Gasteiger partial charge in [0, 0.05) is 22.8 Å². The van der Waals surface area contributed by atoms with Gasteiger partial charge < -0.3 is 31.4 Å². The average molecular weight is 793 g/mol. The average Bonchev–Trinajstić information content (AvgIpc) is 3.58. The van der Waals surface area contributed by atoms with Gasteiger partial charge in [-0.15, -0.1) is 42.9 Å². The summed E-state index contributed by atoms with van der Waals surface area (Å²) in [4.78, 5) is 7.33. The van der Waals surface area contributed by atoms with Crippen LogP contribution in [-0.4, -0.2) is 0 Å². The zero-order valence-electron chi connectivity index (χ0n) is 26.8. The molecule has 0 saturated carbocycles. The zero-order valence-corrected chi connectivity index (χ0v) is 29.0. The second-order valence-electron chi connectivity index (χ2n) is 13.0. The van der Waals surface area contributed by atoms with Crippen molar-refractivity contribution in [2.24, 2.45) is 0 Å². The van der Waals surface area contributed by atoms with Crippen LogP contribution >= 0.6 is 0 Å². The monoisotopic (exact) mass is 792 g/mol. The van der Waals surface area contributed by atoms with Crippen LogP contribution in [0.3, 0.4) is 0 Å². The number of hydrogen-bond donors (Lipinski definition) is 0. The van der Waals surface area contributed by atoms with E-state index in [0.29, 0.717) is 11.4 Å². The molecule has 2 heterocycles. The number of anilines is 4. The number of rotatable bonds is 4. The third-order valence-electron chi connectivity index (χ3n) is 7.86. The molecule has 5 nitrogen and oxygen atoms in total. The molecule has 0 spiro atoms. The fourth-order valence-corrected chi connectivity index (χ4v) is 5.02. The second-order valence-corrected chi connectivity index (χ2v) is 13.0. The molecule has 0 amide bonds. The quantitative estimate of drug-likeness (QED) is 0.246. The normalized spacial score (nSPS) is 15.3. The van der Waals surface area contributed by atoms with Gasteiger partial charge >= 0.3 is 27.2 Å². The molecule has 45 heavy (non-hydrogen) atoms. The zero-order chi connectivity index (χ0) is 32.6. The van der Waals surface area contributed by atoms with Crippen molar-refractivity contribution in [3.63, 3.8) is 0 Å². The fraction of sp³-hybridized carbons (Fsp3) is 0.306. The summed E-state index contributed by atoms with van der Waals surface area (Å²) in [5.74, 6) is 0. The van der Waals surface area contributed by atoms with E-state index in [1.807, 2.05) is 60.8 Å². The van der Waals surface area contributed by atoms with E-state index in [2.05, 4.69) is 71.9 Å². The third-order valence-corrected chi connectivity index (χ3v) is 7.86. The molecule has 2 aliphatic rings. The Morgan fingerprint density at radius 1 is 0.622 bits per heavy atom. The van der Waals surface area contributed by atoms with Gasteiger partial charge in [-0.3, -0.25) is 0 Å². The van der Waals surface area contributed by atoms with E-state index in [0.717, 1.165) is 34.9 Å². The first kappa shape index (κ1) is 35.8. The first-order chi connectivity index (χ1) is 20.5. The van der Waals surface area contributed by atoms with Crippen molar-refractivity contribution >= 4 is 22.7 Å². The third kappa shape index (κ3) is 7.76. The minimum absolute atomic E-state index is 0. The predicted octanol–water partition coefficient (Wildman–Crippen LogP) is 9.81. The minimum atomic E-state index is -4.51. The van der Waals surface area contributed by atoms with Gasteiger partial charge in [0.05, 0.1) is 0 Å². The molecule has 0 aromatic heterocycles. The summed E-state index contributed by atoms with van der Waals surface area (Å²) < 4.78 is 42.4. The minimum Gasteiger partial charge on any atom is -0.512 e. The number of hydrogen-bond acceptors (Lipinski definition) is 5. The van der Waals surface area contributed by atoms with Crippen molar-refractivity contribution in [3.05, 3.63) is 127 Å². The first-order valence-corrected chi connectivity index (χ1v) is 14.3. The van der Waals surface area contributed by atoms with Crippen LogP contribution in [-0.2, 0) is 38.1 Å². The molecule has 5 rings (SSSR count). The van der Waals surface area contributed by atoms with Gasteiger partial charge in [0.2, 0.25) is 0 Å². The van der Waals surface area contributed by atoms with Gasteiger partial charge in [-0.2, -0.15) is 13.2 Å². The van der Waals surface area contributed by atoms with Gasteiger partial charge in [0.15, 0.2) is 0 Å². The van der Waals surface area contributed by atoms with Gasteiger partial charge in [0.1, 0.15) is 0 Å². The van der Waals surface area contributed by atoms with Gasteiger partial charge in [0.25, 0.3) is 0 Å². The summed E-state index contributed by atoms with van der Waals surface area (Å²) in [5, 5.41) is 6.25. The summed E-state index contributed by atoms with van der Waals surface area (Å²) in [6.07, 6.45) is -0.933. The smallest absolute Gasteiger partial charge is 0.512 e. The van der Waals surface area contributed by atoms with Gasteiger partial charge in [-0.05, 0) is 72.5 Å². The van der Waals surface area contributed by atoms with E-state index in [9.17, 15) is 13.2 Å². The van der Waals surface area contributed by atoms with Crippen molar-refractivity contribution in [2.45, 2.75) is 72.4 Å².